The summed E-state index contributed by atoms with van der Waals surface area (Å²) in [7, 11) is 0. The van der Waals surface area contributed by atoms with Crippen LogP contribution in [-0.4, -0.2) is 19.3 Å². The first-order valence-electron chi connectivity index (χ1n) is 7.28. The summed E-state index contributed by atoms with van der Waals surface area (Å²) in [5, 5.41) is 12.9. The molecule has 0 aliphatic heterocycles. The Morgan fingerprint density at radius 2 is 2.21 bits per heavy atom. The SMILES string of the molecule is N#Cc1cn(C2CC2)c(=O)n(Cc2noc(-c3ccoc3)n2)c1=O. The molecule has 0 N–H and O–H groups in total. The summed E-state index contributed by atoms with van der Waals surface area (Å²) in [5.74, 6) is 0.397. The summed E-state index contributed by atoms with van der Waals surface area (Å²) in [6.45, 7) is -0.165. The van der Waals surface area contributed by atoms with Crippen molar-refractivity contribution in [1.82, 2.24) is 19.3 Å². The zero-order valence-corrected chi connectivity index (χ0v) is 12.4. The first kappa shape index (κ1) is 14.2. The molecule has 1 saturated carbocycles. The molecule has 3 aromatic rings. The lowest BCUT2D eigenvalue weighted by Gasteiger charge is -2.08. The van der Waals surface area contributed by atoms with E-state index in [1.165, 1.54) is 23.3 Å². The first-order chi connectivity index (χ1) is 11.7. The van der Waals surface area contributed by atoms with Gasteiger partial charge in [0.15, 0.2) is 5.82 Å². The van der Waals surface area contributed by atoms with Crippen molar-refractivity contribution in [2.75, 3.05) is 0 Å². The summed E-state index contributed by atoms with van der Waals surface area (Å²) < 4.78 is 12.4. The van der Waals surface area contributed by atoms with Gasteiger partial charge in [0.1, 0.15) is 17.9 Å². The fraction of sp³-hybridized carbons (Fsp3) is 0.267. The Labute approximate surface area is 134 Å². The molecule has 1 fully saturated rings. The molecule has 0 unspecified atom stereocenters. The minimum atomic E-state index is -0.658. The van der Waals surface area contributed by atoms with E-state index in [-0.39, 0.29) is 29.9 Å². The summed E-state index contributed by atoms with van der Waals surface area (Å²) in [4.78, 5) is 28.9. The molecule has 0 spiro atoms. The lowest BCUT2D eigenvalue weighted by atomic mass is 10.3. The number of nitriles is 1. The number of rotatable bonds is 4. The molecule has 0 amide bonds. The van der Waals surface area contributed by atoms with Crippen LogP contribution >= 0.6 is 0 Å². The van der Waals surface area contributed by atoms with E-state index in [4.69, 9.17) is 14.2 Å². The average Bonchev–Trinajstić information content (AvgIpc) is 3.09. The Balaban J connectivity index is 1.75. The van der Waals surface area contributed by atoms with Crippen molar-refractivity contribution in [3.8, 4) is 17.5 Å². The zero-order chi connectivity index (χ0) is 16.7. The van der Waals surface area contributed by atoms with E-state index in [0.29, 0.717) is 5.56 Å². The Hall–Kier alpha value is -3.41. The van der Waals surface area contributed by atoms with Gasteiger partial charge >= 0.3 is 5.69 Å². The maximum Gasteiger partial charge on any atom is 0.331 e. The molecular weight excluding hydrogens is 314 g/mol. The van der Waals surface area contributed by atoms with Gasteiger partial charge in [-0.2, -0.15) is 10.2 Å². The molecule has 3 aromatic heterocycles. The van der Waals surface area contributed by atoms with Crippen LogP contribution in [0.1, 0.15) is 30.3 Å². The Kier molecular flexibility index (Phi) is 3.16. The van der Waals surface area contributed by atoms with E-state index in [9.17, 15) is 9.59 Å². The van der Waals surface area contributed by atoms with E-state index in [2.05, 4.69) is 10.1 Å². The van der Waals surface area contributed by atoms with E-state index in [0.717, 1.165) is 17.4 Å². The van der Waals surface area contributed by atoms with Crippen LogP contribution in [-0.2, 0) is 6.54 Å². The minimum absolute atomic E-state index is 0.0446. The predicted molar refractivity (Wildman–Crippen MR) is 79.1 cm³/mol. The highest BCUT2D eigenvalue weighted by Gasteiger charge is 2.27. The molecule has 0 bridgehead atoms. The van der Waals surface area contributed by atoms with Crippen molar-refractivity contribution in [1.29, 1.82) is 5.26 Å². The molecule has 0 radical (unpaired) electrons. The van der Waals surface area contributed by atoms with Crippen LogP contribution in [0.2, 0.25) is 0 Å². The van der Waals surface area contributed by atoms with Crippen LogP contribution in [0.25, 0.3) is 11.5 Å². The molecule has 9 heteroatoms. The summed E-state index contributed by atoms with van der Waals surface area (Å²) in [6, 6.07) is 3.53. The highest BCUT2D eigenvalue weighted by molar-refractivity contribution is 5.49. The van der Waals surface area contributed by atoms with Gasteiger partial charge in [0.2, 0.25) is 0 Å². The third kappa shape index (κ3) is 2.34. The lowest BCUT2D eigenvalue weighted by molar-refractivity contribution is 0.418. The fourth-order valence-corrected chi connectivity index (χ4v) is 2.41. The van der Waals surface area contributed by atoms with Crippen LogP contribution in [0.5, 0.6) is 0 Å². The normalized spacial score (nSPS) is 13.8. The number of furan rings is 1. The third-order valence-corrected chi connectivity index (χ3v) is 3.79. The molecule has 24 heavy (non-hydrogen) atoms. The second kappa shape index (κ2) is 5.34. The number of nitrogens with zero attached hydrogens (tertiary/aromatic N) is 5. The Morgan fingerprint density at radius 3 is 2.88 bits per heavy atom. The van der Waals surface area contributed by atoms with Gasteiger partial charge in [-0.15, -0.1) is 0 Å². The quantitative estimate of drug-likeness (QED) is 0.699. The van der Waals surface area contributed by atoms with Crippen molar-refractivity contribution in [3.63, 3.8) is 0 Å². The van der Waals surface area contributed by atoms with Crippen LogP contribution < -0.4 is 11.2 Å². The van der Waals surface area contributed by atoms with Gasteiger partial charge < -0.3 is 8.94 Å². The Bertz CT molecular complexity index is 1050. The molecule has 3 heterocycles. The van der Waals surface area contributed by atoms with Gasteiger partial charge in [0.05, 0.1) is 18.4 Å². The summed E-state index contributed by atoms with van der Waals surface area (Å²) in [5.41, 5.74) is -0.618. The van der Waals surface area contributed by atoms with Crippen LogP contribution in [0.4, 0.5) is 0 Å². The van der Waals surface area contributed by atoms with Crippen molar-refractivity contribution in [3.05, 3.63) is 57.0 Å². The highest BCUT2D eigenvalue weighted by Crippen LogP contribution is 2.33. The third-order valence-electron chi connectivity index (χ3n) is 3.79. The number of hydrogen-bond donors (Lipinski definition) is 0. The highest BCUT2D eigenvalue weighted by atomic mass is 16.5. The van der Waals surface area contributed by atoms with Gasteiger partial charge in [-0.3, -0.25) is 13.9 Å². The van der Waals surface area contributed by atoms with Crippen molar-refractivity contribution >= 4 is 0 Å². The molecule has 9 nitrogen and oxygen atoms in total. The van der Waals surface area contributed by atoms with Crippen LogP contribution in [0.3, 0.4) is 0 Å². The fourth-order valence-electron chi connectivity index (χ4n) is 2.41. The van der Waals surface area contributed by atoms with Crippen molar-refractivity contribution in [2.45, 2.75) is 25.4 Å². The van der Waals surface area contributed by atoms with Crippen molar-refractivity contribution in [2.24, 2.45) is 0 Å². The lowest BCUT2D eigenvalue weighted by Crippen LogP contribution is -2.41. The van der Waals surface area contributed by atoms with Crippen LogP contribution in [0, 0.1) is 11.3 Å². The van der Waals surface area contributed by atoms with E-state index >= 15 is 0 Å². The van der Waals surface area contributed by atoms with E-state index in [1.54, 1.807) is 6.07 Å². The topological polar surface area (TPSA) is 120 Å². The minimum Gasteiger partial charge on any atom is -0.472 e. The van der Waals surface area contributed by atoms with Crippen molar-refractivity contribution < 1.29 is 8.94 Å². The van der Waals surface area contributed by atoms with E-state index < -0.39 is 11.2 Å². The van der Waals surface area contributed by atoms with Gasteiger partial charge in [0.25, 0.3) is 11.4 Å². The molecule has 0 atom stereocenters. The maximum atomic E-state index is 12.5. The number of hydrogen-bond acceptors (Lipinski definition) is 7. The average molecular weight is 325 g/mol. The van der Waals surface area contributed by atoms with Crippen LogP contribution in [0.15, 0.2) is 43.3 Å². The van der Waals surface area contributed by atoms with Gasteiger partial charge in [-0.05, 0) is 18.9 Å². The van der Waals surface area contributed by atoms with Gasteiger partial charge in [-0.25, -0.2) is 4.79 Å². The molecule has 0 aromatic carbocycles. The summed E-state index contributed by atoms with van der Waals surface area (Å²) >= 11 is 0. The largest absolute Gasteiger partial charge is 0.472 e. The molecular formula is C15H11N5O4. The molecule has 120 valence electrons. The predicted octanol–water partition coefficient (Wildman–Crippen LogP) is 0.908. The van der Waals surface area contributed by atoms with E-state index in [1.807, 2.05) is 6.07 Å². The first-order valence-corrected chi connectivity index (χ1v) is 7.28. The maximum absolute atomic E-state index is 12.5. The smallest absolute Gasteiger partial charge is 0.331 e. The second-order valence-corrected chi connectivity index (χ2v) is 5.49. The Morgan fingerprint density at radius 1 is 1.38 bits per heavy atom. The number of aromatic nitrogens is 4. The monoisotopic (exact) mass is 325 g/mol. The van der Waals surface area contributed by atoms with Gasteiger partial charge in [-0.1, -0.05) is 5.16 Å². The molecule has 4 rings (SSSR count). The standard InChI is InChI=1S/C15H11N5O4/c16-5-10-6-19(11-1-2-11)15(22)20(14(10)21)7-12-17-13(24-18-12)9-3-4-23-8-9/h3-4,6,8,11H,1-2,7H2. The molecule has 1 aliphatic rings. The summed E-state index contributed by atoms with van der Waals surface area (Å²) in [6.07, 6.45) is 5.95. The second-order valence-electron chi connectivity index (χ2n) is 5.49. The molecule has 0 saturated heterocycles. The molecule has 1 aliphatic carbocycles. The zero-order valence-electron chi connectivity index (χ0n) is 12.4. The van der Waals surface area contributed by atoms with Gasteiger partial charge in [0, 0.05) is 12.2 Å².